The summed E-state index contributed by atoms with van der Waals surface area (Å²) in [5, 5.41) is 7.07. The highest BCUT2D eigenvalue weighted by molar-refractivity contribution is 14.0. The Kier molecular flexibility index (Phi) is 6.65. The van der Waals surface area contributed by atoms with Gasteiger partial charge in [-0.25, -0.2) is 4.39 Å². The van der Waals surface area contributed by atoms with Gasteiger partial charge in [-0.05, 0) is 29.7 Å². The van der Waals surface area contributed by atoms with Crippen LogP contribution in [-0.2, 0) is 6.42 Å². The summed E-state index contributed by atoms with van der Waals surface area (Å²) in [7, 11) is 0. The largest absolute Gasteiger partial charge is 0.355 e. The lowest BCUT2D eigenvalue weighted by molar-refractivity contribution is 0.618. The SMILES string of the molecule is Fc1ccc(CC(NC2=NCCN2)c2ccccc2)c(Cl)c1.I. The van der Waals surface area contributed by atoms with Crippen molar-refractivity contribution >= 4 is 41.5 Å². The molecule has 1 aliphatic heterocycles. The maximum absolute atomic E-state index is 13.2. The molecule has 3 nitrogen and oxygen atoms in total. The maximum Gasteiger partial charge on any atom is 0.191 e. The molecule has 1 atom stereocenters. The quantitative estimate of drug-likeness (QED) is 0.700. The molecule has 1 aliphatic rings. The summed E-state index contributed by atoms with van der Waals surface area (Å²) < 4.78 is 13.2. The van der Waals surface area contributed by atoms with Gasteiger partial charge < -0.3 is 10.6 Å². The first-order valence-corrected chi connectivity index (χ1v) is 7.64. The van der Waals surface area contributed by atoms with Gasteiger partial charge in [0.1, 0.15) is 5.82 Å². The molecule has 23 heavy (non-hydrogen) atoms. The van der Waals surface area contributed by atoms with Gasteiger partial charge in [0.15, 0.2) is 5.96 Å². The maximum atomic E-state index is 13.2. The van der Waals surface area contributed by atoms with Crippen LogP contribution in [0.5, 0.6) is 0 Å². The van der Waals surface area contributed by atoms with Crippen molar-refractivity contribution in [3.8, 4) is 0 Å². The average Bonchev–Trinajstić information content (AvgIpc) is 3.03. The zero-order chi connectivity index (χ0) is 15.4. The molecule has 0 saturated heterocycles. The summed E-state index contributed by atoms with van der Waals surface area (Å²) >= 11 is 6.16. The zero-order valence-corrected chi connectivity index (χ0v) is 15.5. The number of nitrogens with zero attached hydrogens (tertiary/aromatic N) is 1. The number of guanidine groups is 1. The van der Waals surface area contributed by atoms with Gasteiger partial charge in [-0.15, -0.1) is 24.0 Å². The summed E-state index contributed by atoms with van der Waals surface area (Å²) in [5.74, 6) is 0.479. The molecule has 1 unspecified atom stereocenters. The molecule has 0 aromatic heterocycles. The molecule has 0 radical (unpaired) electrons. The van der Waals surface area contributed by atoms with Crippen molar-refractivity contribution in [2.45, 2.75) is 12.5 Å². The van der Waals surface area contributed by atoms with Crippen LogP contribution in [0.25, 0.3) is 0 Å². The molecular weight excluding hydrogens is 428 g/mol. The minimum atomic E-state index is -0.320. The lowest BCUT2D eigenvalue weighted by atomic mass is 9.99. The van der Waals surface area contributed by atoms with E-state index in [1.807, 2.05) is 18.2 Å². The molecule has 6 heteroatoms. The van der Waals surface area contributed by atoms with E-state index in [4.69, 9.17) is 11.6 Å². The van der Waals surface area contributed by atoms with Crippen LogP contribution in [0.2, 0.25) is 5.02 Å². The van der Waals surface area contributed by atoms with Gasteiger partial charge in [-0.3, -0.25) is 4.99 Å². The molecule has 2 aromatic carbocycles. The number of nitrogens with one attached hydrogen (secondary N) is 2. The van der Waals surface area contributed by atoms with E-state index >= 15 is 0 Å². The molecule has 0 amide bonds. The number of hydrogen-bond donors (Lipinski definition) is 2. The Bertz CT molecular complexity index is 679. The third-order valence-corrected chi connectivity index (χ3v) is 3.98. The number of benzene rings is 2. The van der Waals surface area contributed by atoms with Crippen molar-refractivity contribution in [3.05, 3.63) is 70.5 Å². The molecule has 0 fully saturated rings. The molecule has 2 aromatic rings. The number of hydrogen-bond acceptors (Lipinski definition) is 3. The van der Waals surface area contributed by atoms with E-state index in [2.05, 4.69) is 27.8 Å². The Balaban J connectivity index is 0.00000192. The molecule has 122 valence electrons. The van der Waals surface area contributed by atoms with Gasteiger partial charge in [0.25, 0.3) is 0 Å². The fraction of sp³-hybridized carbons (Fsp3) is 0.235. The van der Waals surface area contributed by atoms with Crippen LogP contribution in [0.15, 0.2) is 53.5 Å². The zero-order valence-electron chi connectivity index (χ0n) is 12.4. The van der Waals surface area contributed by atoms with Crippen molar-refractivity contribution in [3.63, 3.8) is 0 Å². The van der Waals surface area contributed by atoms with E-state index in [9.17, 15) is 4.39 Å². The second-order valence-corrected chi connectivity index (χ2v) is 5.61. The van der Waals surface area contributed by atoms with Gasteiger partial charge in [-0.2, -0.15) is 0 Å². The Labute approximate surface area is 157 Å². The second kappa shape index (κ2) is 8.49. The van der Waals surface area contributed by atoms with Crippen LogP contribution in [-0.4, -0.2) is 19.0 Å². The lowest BCUT2D eigenvalue weighted by Gasteiger charge is -2.21. The first kappa shape index (κ1) is 18.0. The molecule has 2 N–H and O–H groups in total. The van der Waals surface area contributed by atoms with Crippen LogP contribution in [0, 0.1) is 5.82 Å². The number of rotatable bonds is 4. The topological polar surface area (TPSA) is 36.4 Å². The minimum absolute atomic E-state index is 0. The predicted octanol–water partition coefficient (Wildman–Crippen LogP) is 3.93. The molecule has 0 spiro atoms. The van der Waals surface area contributed by atoms with E-state index in [-0.39, 0.29) is 35.8 Å². The molecule has 3 rings (SSSR count). The first-order chi connectivity index (χ1) is 10.7. The van der Waals surface area contributed by atoms with Crippen LogP contribution in [0.1, 0.15) is 17.2 Å². The molecule has 0 saturated carbocycles. The van der Waals surface area contributed by atoms with Crippen molar-refractivity contribution in [1.82, 2.24) is 10.6 Å². The van der Waals surface area contributed by atoms with Gasteiger partial charge in [-0.1, -0.05) is 48.0 Å². The Morgan fingerprint density at radius 3 is 2.65 bits per heavy atom. The second-order valence-electron chi connectivity index (χ2n) is 5.20. The standard InChI is InChI=1S/C17H17ClFN3.HI/c18-15-11-14(19)7-6-13(15)10-16(12-4-2-1-3-5-12)22-17-20-8-9-21-17;/h1-7,11,16H,8-10H2,(H2,20,21,22);1H. The van der Waals surface area contributed by atoms with Crippen LogP contribution < -0.4 is 10.6 Å². The molecular formula is C17H18ClFIN3. The van der Waals surface area contributed by atoms with Crippen molar-refractivity contribution < 1.29 is 4.39 Å². The fourth-order valence-electron chi connectivity index (χ4n) is 2.50. The van der Waals surface area contributed by atoms with Crippen molar-refractivity contribution in [2.75, 3.05) is 13.1 Å². The van der Waals surface area contributed by atoms with Crippen LogP contribution in [0.4, 0.5) is 4.39 Å². The van der Waals surface area contributed by atoms with Crippen LogP contribution in [0.3, 0.4) is 0 Å². The van der Waals surface area contributed by atoms with Gasteiger partial charge in [0, 0.05) is 11.6 Å². The number of halogens is 3. The summed E-state index contributed by atoms with van der Waals surface area (Å²) in [4.78, 5) is 4.38. The summed E-state index contributed by atoms with van der Waals surface area (Å²) in [6.45, 7) is 1.63. The first-order valence-electron chi connectivity index (χ1n) is 7.26. The minimum Gasteiger partial charge on any atom is -0.355 e. The van der Waals surface area contributed by atoms with E-state index in [0.29, 0.717) is 11.4 Å². The Hall–Kier alpha value is -1.34. The Morgan fingerprint density at radius 1 is 1.22 bits per heavy atom. The lowest BCUT2D eigenvalue weighted by Crippen LogP contribution is -2.37. The summed E-state index contributed by atoms with van der Waals surface area (Å²) in [5.41, 5.74) is 2.04. The third kappa shape index (κ3) is 4.81. The highest BCUT2D eigenvalue weighted by Gasteiger charge is 2.17. The third-order valence-electron chi connectivity index (χ3n) is 3.63. The van der Waals surface area contributed by atoms with E-state index in [1.165, 1.54) is 12.1 Å². The normalized spacial score (nSPS) is 14.4. The highest BCUT2D eigenvalue weighted by atomic mass is 127. The number of aliphatic imine (C=N–C) groups is 1. The highest BCUT2D eigenvalue weighted by Crippen LogP contribution is 2.24. The smallest absolute Gasteiger partial charge is 0.191 e. The molecule has 0 bridgehead atoms. The Morgan fingerprint density at radius 2 is 2.00 bits per heavy atom. The fourth-order valence-corrected chi connectivity index (χ4v) is 2.75. The van der Waals surface area contributed by atoms with Crippen molar-refractivity contribution in [1.29, 1.82) is 0 Å². The predicted molar refractivity (Wildman–Crippen MR) is 103 cm³/mol. The van der Waals surface area contributed by atoms with Gasteiger partial charge in [0.2, 0.25) is 0 Å². The summed E-state index contributed by atoms with van der Waals surface area (Å²) in [6, 6.07) is 14.7. The van der Waals surface area contributed by atoms with Gasteiger partial charge >= 0.3 is 0 Å². The van der Waals surface area contributed by atoms with Crippen LogP contribution >= 0.6 is 35.6 Å². The molecule has 0 aliphatic carbocycles. The summed E-state index contributed by atoms with van der Waals surface area (Å²) in [6.07, 6.45) is 0.657. The monoisotopic (exact) mass is 445 g/mol. The van der Waals surface area contributed by atoms with E-state index in [0.717, 1.165) is 30.2 Å². The van der Waals surface area contributed by atoms with Gasteiger partial charge in [0.05, 0.1) is 12.6 Å². The average molecular weight is 446 g/mol. The van der Waals surface area contributed by atoms with Crippen molar-refractivity contribution in [2.24, 2.45) is 4.99 Å². The van der Waals surface area contributed by atoms with E-state index < -0.39 is 0 Å². The molecule has 1 heterocycles. The van der Waals surface area contributed by atoms with E-state index in [1.54, 1.807) is 6.07 Å².